The maximum absolute atomic E-state index is 12.6. The van der Waals surface area contributed by atoms with Crippen molar-refractivity contribution < 1.29 is 9.53 Å². The molecule has 1 aliphatic rings. The highest BCUT2D eigenvalue weighted by atomic mass is 35.5. The van der Waals surface area contributed by atoms with E-state index < -0.39 is 0 Å². The first kappa shape index (κ1) is 13.4. The minimum absolute atomic E-state index is 0.00451. The summed E-state index contributed by atoms with van der Waals surface area (Å²) < 4.78 is 6.95. The van der Waals surface area contributed by atoms with Gasteiger partial charge < -0.3 is 9.64 Å². The highest BCUT2D eigenvalue weighted by Crippen LogP contribution is 2.28. The third-order valence-electron chi connectivity index (χ3n) is 4.08. The first-order valence-electron chi connectivity index (χ1n) is 6.50. The average molecular weight is 294 g/mol. The molecule has 1 amide bonds. The van der Waals surface area contributed by atoms with Crippen molar-refractivity contribution in [1.82, 2.24) is 14.5 Å². The Labute approximate surface area is 122 Å². The minimum Gasteiger partial charge on any atom is -0.377 e. The zero-order chi connectivity index (χ0) is 14.4. The van der Waals surface area contributed by atoms with Crippen molar-refractivity contribution in [3.8, 4) is 0 Å². The van der Waals surface area contributed by atoms with Crippen LogP contribution in [0.25, 0.3) is 5.52 Å². The zero-order valence-corrected chi connectivity index (χ0v) is 12.4. The zero-order valence-electron chi connectivity index (χ0n) is 11.6. The number of carbonyl (C=O) groups is 1. The minimum atomic E-state index is 0.00451. The van der Waals surface area contributed by atoms with Crippen LogP contribution in [0, 0.1) is 6.92 Å². The SMILES string of the molecule is CO[C@H]1CN(C(=O)c2cn3nccc(Cl)c3c2C)[C@H]1C. The monoisotopic (exact) mass is 293 g/mol. The molecule has 0 unspecified atom stereocenters. The lowest BCUT2D eigenvalue weighted by Crippen LogP contribution is -2.61. The van der Waals surface area contributed by atoms with Gasteiger partial charge in [-0.05, 0) is 25.5 Å². The van der Waals surface area contributed by atoms with E-state index in [4.69, 9.17) is 16.3 Å². The van der Waals surface area contributed by atoms with Gasteiger partial charge in [-0.25, -0.2) is 4.52 Å². The van der Waals surface area contributed by atoms with Crippen molar-refractivity contribution in [2.24, 2.45) is 0 Å². The van der Waals surface area contributed by atoms with Crippen LogP contribution in [0.2, 0.25) is 5.02 Å². The van der Waals surface area contributed by atoms with Gasteiger partial charge in [0.1, 0.15) is 0 Å². The van der Waals surface area contributed by atoms with Crippen molar-refractivity contribution in [2.75, 3.05) is 13.7 Å². The first-order chi connectivity index (χ1) is 9.54. The van der Waals surface area contributed by atoms with Crippen LogP contribution in [0.3, 0.4) is 0 Å². The van der Waals surface area contributed by atoms with Gasteiger partial charge in [0.15, 0.2) is 0 Å². The predicted octanol–water partition coefficient (Wildman–Crippen LogP) is 2.16. The summed E-state index contributed by atoms with van der Waals surface area (Å²) in [4.78, 5) is 14.4. The number of hydrogen-bond acceptors (Lipinski definition) is 3. The van der Waals surface area contributed by atoms with Gasteiger partial charge in [0, 0.05) is 26.0 Å². The van der Waals surface area contributed by atoms with Gasteiger partial charge in [-0.3, -0.25) is 4.79 Å². The number of ether oxygens (including phenoxy) is 1. The lowest BCUT2D eigenvalue weighted by Gasteiger charge is -2.45. The molecule has 0 N–H and O–H groups in total. The van der Waals surface area contributed by atoms with E-state index in [1.807, 2.05) is 18.7 Å². The molecule has 106 valence electrons. The van der Waals surface area contributed by atoms with Crippen molar-refractivity contribution in [3.05, 3.63) is 34.6 Å². The van der Waals surface area contributed by atoms with E-state index in [1.54, 1.807) is 30.1 Å². The third kappa shape index (κ3) is 1.81. The Kier molecular flexibility index (Phi) is 3.18. The summed E-state index contributed by atoms with van der Waals surface area (Å²) in [5, 5.41) is 4.80. The number of nitrogens with zero attached hydrogens (tertiary/aromatic N) is 3. The molecule has 0 spiro atoms. The lowest BCUT2D eigenvalue weighted by molar-refractivity contribution is -0.0593. The number of carbonyl (C=O) groups excluding carboxylic acids is 1. The van der Waals surface area contributed by atoms with Crippen LogP contribution in [-0.2, 0) is 4.74 Å². The Morgan fingerprint density at radius 2 is 2.30 bits per heavy atom. The van der Waals surface area contributed by atoms with Crippen LogP contribution in [0.5, 0.6) is 0 Å². The summed E-state index contributed by atoms with van der Waals surface area (Å²) in [6.45, 7) is 4.52. The fourth-order valence-electron chi connectivity index (χ4n) is 2.70. The molecule has 0 aromatic carbocycles. The summed E-state index contributed by atoms with van der Waals surface area (Å²) in [6, 6.07) is 1.82. The Balaban J connectivity index is 1.97. The summed E-state index contributed by atoms with van der Waals surface area (Å²) in [5.41, 5.74) is 2.29. The maximum atomic E-state index is 12.6. The van der Waals surface area contributed by atoms with E-state index in [-0.39, 0.29) is 18.1 Å². The number of fused-ring (bicyclic) bond motifs is 1. The van der Waals surface area contributed by atoms with E-state index >= 15 is 0 Å². The standard InChI is InChI=1S/C14H16ClN3O2/c1-8-10(6-18-13(8)11(15)4-5-16-18)14(19)17-7-12(20-3)9(17)2/h4-6,9,12H,7H2,1-3H3/t9-,12-/m0/s1. The normalized spacial score (nSPS) is 22.1. The maximum Gasteiger partial charge on any atom is 0.256 e. The largest absolute Gasteiger partial charge is 0.377 e. The summed E-state index contributed by atoms with van der Waals surface area (Å²) in [6.07, 6.45) is 3.49. The smallest absolute Gasteiger partial charge is 0.256 e. The summed E-state index contributed by atoms with van der Waals surface area (Å²) in [5.74, 6) is 0.00451. The van der Waals surface area contributed by atoms with Crippen molar-refractivity contribution >= 4 is 23.0 Å². The number of amides is 1. The van der Waals surface area contributed by atoms with Gasteiger partial charge in [0.2, 0.25) is 0 Å². The molecule has 6 heteroatoms. The topological polar surface area (TPSA) is 46.8 Å². The van der Waals surface area contributed by atoms with Crippen molar-refractivity contribution in [2.45, 2.75) is 26.0 Å². The molecule has 5 nitrogen and oxygen atoms in total. The van der Waals surface area contributed by atoms with Gasteiger partial charge in [0.05, 0.1) is 28.2 Å². The molecule has 2 atom stereocenters. The third-order valence-corrected chi connectivity index (χ3v) is 4.38. The summed E-state index contributed by atoms with van der Waals surface area (Å²) >= 11 is 6.18. The number of likely N-dealkylation sites (tertiary alicyclic amines) is 1. The number of halogens is 1. The quantitative estimate of drug-likeness (QED) is 0.852. The lowest BCUT2D eigenvalue weighted by atomic mass is 9.99. The van der Waals surface area contributed by atoms with Gasteiger partial charge >= 0.3 is 0 Å². The Morgan fingerprint density at radius 1 is 1.55 bits per heavy atom. The van der Waals surface area contributed by atoms with E-state index in [0.717, 1.165) is 11.1 Å². The van der Waals surface area contributed by atoms with Crippen LogP contribution < -0.4 is 0 Å². The van der Waals surface area contributed by atoms with Crippen LogP contribution in [0.1, 0.15) is 22.8 Å². The van der Waals surface area contributed by atoms with Gasteiger partial charge in [-0.1, -0.05) is 11.6 Å². The molecule has 0 bridgehead atoms. The van der Waals surface area contributed by atoms with Crippen LogP contribution >= 0.6 is 11.6 Å². The van der Waals surface area contributed by atoms with Crippen LogP contribution in [0.15, 0.2) is 18.5 Å². The highest BCUT2D eigenvalue weighted by Gasteiger charge is 2.40. The molecule has 2 aromatic heterocycles. The molecule has 3 heterocycles. The predicted molar refractivity (Wildman–Crippen MR) is 76.2 cm³/mol. The number of methoxy groups -OCH3 is 1. The van der Waals surface area contributed by atoms with Crippen LogP contribution in [0.4, 0.5) is 0 Å². The second-order valence-corrected chi connectivity index (χ2v) is 5.52. The van der Waals surface area contributed by atoms with Gasteiger partial charge in [-0.15, -0.1) is 0 Å². The van der Waals surface area contributed by atoms with Crippen molar-refractivity contribution in [3.63, 3.8) is 0 Å². The molecule has 3 rings (SSSR count). The fourth-order valence-corrected chi connectivity index (χ4v) is 2.98. The Morgan fingerprint density at radius 3 is 2.90 bits per heavy atom. The molecule has 1 aliphatic heterocycles. The van der Waals surface area contributed by atoms with E-state index in [0.29, 0.717) is 17.1 Å². The molecule has 20 heavy (non-hydrogen) atoms. The Bertz CT molecular complexity index is 682. The number of hydrogen-bond donors (Lipinski definition) is 0. The second kappa shape index (κ2) is 4.75. The fraction of sp³-hybridized carbons (Fsp3) is 0.429. The molecule has 0 aliphatic carbocycles. The molecule has 1 fully saturated rings. The summed E-state index contributed by atoms with van der Waals surface area (Å²) in [7, 11) is 1.67. The van der Waals surface area contributed by atoms with Crippen LogP contribution in [-0.4, -0.2) is 46.2 Å². The Hall–Kier alpha value is -1.59. The number of rotatable bonds is 2. The van der Waals surface area contributed by atoms with Gasteiger partial charge in [0.25, 0.3) is 5.91 Å². The van der Waals surface area contributed by atoms with E-state index in [2.05, 4.69) is 5.10 Å². The second-order valence-electron chi connectivity index (χ2n) is 5.11. The number of aromatic nitrogens is 2. The average Bonchev–Trinajstić information content (AvgIpc) is 2.76. The number of aryl methyl sites for hydroxylation is 1. The molecular formula is C14H16ClN3O2. The van der Waals surface area contributed by atoms with E-state index in [9.17, 15) is 4.79 Å². The van der Waals surface area contributed by atoms with E-state index in [1.165, 1.54) is 0 Å². The first-order valence-corrected chi connectivity index (χ1v) is 6.88. The molecular weight excluding hydrogens is 278 g/mol. The molecule has 0 saturated carbocycles. The van der Waals surface area contributed by atoms with Gasteiger partial charge in [-0.2, -0.15) is 5.10 Å². The molecule has 0 radical (unpaired) electrons. The molecule has 1 saturated heterocycles. The van der Waals surface area contributed by atoms with Crippen molar-refractivity contribution in [1.29, 1.82) is 0 Å². The molecule has 2 aromatic rings. The highest BCUT2D eigenvalue weighted by molar-refractivity contribution is 6.34.